The van der Waals surface area contributed by atoms with E-state index in [1.807, 2.05) is 13.0 Å². The monoisotopic (exact) mass is 458 g/mol. The minimum atomic E-state index is -0.229. The Morgan fingerprint density at radius 2 is 1.12 bits per heavy atom. The van der Waals surface area contributed by atoms with Crippen LogP contribution in [0.2, 0.25) is 0 Å². The van der Waals surface area contributed by atoms with Gasteiger partial charge in [-0.2, -0.15) is 0 Å². The fourth-order valence-electron chi connectivity index (χ4n) is 6.02. The van der Waals surface area contributed by atoms with E-state index >= 15 is 0 Å². The summed E-state index contributed by atoms with van der Waals surface area (Å²) in [5, 5.41) is 13.6. The van der Waals surface area contributed by atoms with Gasteiger partial charge in [0.1, 0.15) is 0 Å². The van der Waals surface area contributed by atoms with Crippen molar-refractivity contribution in [1.29, 1.82) is 0 Å². The molecule has 2 rings (SSSR count). The number of hydrogen-bond donors (Lipinski definition) is 4. The molecule has 6 nitrogen and oxygen atoms in total. The van der Waals surface area contributed by atoms with Crippen LogP contribution in [0.25, 0.3) is 0 Å². The van der Waals surface area contributed by atoms with Gasteiger partial charge in [0, 0.05) is 45.4 Å². The zero-order chi connectivity index (χ0) is 25.2. The summed E-state index contributed by atoms with van der Waals surface area (Å²) in [6, 6.07) is 0.103. The lowest BCUT2D eigenvalue weighted by Crippen LogP contribution is -2.62. The van der Waals surface area contributed by atoms with Crippen LogP contribution in [-0.2, 0) is 9.59 Å². The first-order valence-corrected chi connectivity index (χ1v) is 12.2. The van der Waals surface area contributed by atoms with Gasteiger partial charge >= 0.3 is 0 Å². The quantitative estimate of drug-likeness (QED) is 0.359. The van der Waals surface area contributed by atoms with Crippen LogP contribution in [0.3, 0.4) is 0 Å². The Morgan fingerprint density at radius 1 is 0.758 bits per heavy atom. The van der Waals surface area contributed by atoms with E-state index in [0.717, 1.165) is 25.7 Å². The van der Waals surface area contributed by atoms with Crippen LogP contribution in [0.5, 0.6) is 0 Å². The highest BCUT2D eigenvalue weighted by Crippen LogP contribution is 2.30. The minimum absolute atomic E-state index is 0.0482. The number of piperidine rings is 2. The molecule has 2 aliphatic rings. The van der Waals surface area contributed by atoms with E-state index in [9.17, 15) is 9.59 Å². The molecule has 2 fully saturated rings. The number of carbonyl (C=O) groups is 2. The summed E-state index contributed by atoms with van der Waals surface area (Å²) in [5.74, 6) is -0.405. The van der Waals surface area contributed by atoms with Gasteiger partial charge in [-0.15, -0.1) is 0 Å². The Balaban J connectivity index is 2.09. The van der Waals surface area contributed by atoms with E-state index in [4.69, 9.17) is 0 Å². The van der Waals surface area contributed by atoms with Crippen LogP contribution < -0.4 is 21.3 Å². The van der Waals surface area contributed by atoms with Crippen LogP contribution in [0.4, 0.5) is 0 Å². The molecule has 2 saturated heterocycles. The first-order valence-electron chi connectivity index (χ1n) is 12.2. The van der Waals surface area contributed by atoms with Gasteiger partial charge in [0.25, 0.3) is 11.8 Å². The zero-order valence-electron chi connectivity index (χ0n) is 22.2. The van der Waals surface area contributed by atoms with E-state index < -0.39 is 0 Å². The van der Waals surface area contributed by atoms with Crippen molar-refractivity contribution in [3.63, 3.8) is 0 Å². The van der Waals surface area contributed by atoms with Gasteiger partial charge < -0.3 is 21.3 Å². The maximum Gasteiger partial charge on any atom is 0.251 e. The number of nitrogens with one attached hydrogen (secondary N) is 4. The van der Waals surface area contributed by atoms with Crippen LogP contribution >= 0.6 is 0 Å². The maximum absolute atomic E-state index is 13.1. The predicted molar refractivity (Wildman–Crippen MR) is 137 cm³/mol. The van der Waals surface area contributed by atoms with Crippen molar-refractivity contribution in [3.05, 3.63) is 36.0 Å². The minimum Gasteiger partial charge on any atom is -0.349 e. The number of carbonyl (C=O) groups excluding carboxylic acids is 2. The molecule has 4 N–H and O–H groups in total. The second-order valence-electron chi connectivity index (χ2n) is 12.6. The van der Waals surface area contributed by atoms with Gasteiger partial charge in [-0.05, 0) is 94.1 Å². The molecule has 0 atom stereocenters. The molecular formula is C27H46N4O2. The summed E-state index contributed by atoms with van der Waals surface area (Å²) < 4.78 is 0. The predicted octanol–water partition coefficient (Wildman–Crippen LogP) is 3.90. The van der Waals surface area contributed by atoms with Crippen molar-refractivity contribution in [1.82, 2.24) is 21.3 Å². The molecule has 0 aromatic rings. The van der Waals surface area contributed by atoms with Crippen molar-refractivity contribution in [2.24, 2.45) is 0 Å². The third-order valence-electron chi connectivity index (χ3n) is 6.28. The summed E-state index contributed by atoms with van der Waals surface area (Å²) in [6.07, 6.45) is 8.50. The van der Waals surface area contributed by atoms with Crippen molar-refractivity contribution < 1.29 is 9.59 Å². The van der Waals surface area contributed by atoms with Gasteiger partial charge in [-0.3, -0.25) is 9.59 Å². The Bertz CT molecular complexity index is 801. The third-order valence-corrected chi connectivity index (χ3v) is 6.28. The molecule has 2 heterocycles. The molecular weight excluding hydrogens is 412 g/mol. The second kappa shape index (κ2) is 9.75. The lowest BCUT2D eigenvalue weighted by atomic mass is 9.79. The van der Waals surface area contributed by atoms with Crippen LogP contribution in [0.1, 0.15) is 88.0 Å². The molecule has 0 bridgehead atoms. The number of rotatable bonds is 6. The fraction of sp³-hybridized carbons (Fsp3) is 0.704. The zero-order valence-corrected chi connectivity index (χ0v) is 22.2. The molecule has 0 aromatic carbocycles. The van der Waals surface area contributed by atoms with Crippen LogP contribution in [-0.4, -0.2) is 46.1 Å². The van der Waals surface area contributed by atoms with Gasteiger partial charge in [-0.25, -0.2) is 0 Å². The molecule has 6 heteroatoms. The van der Waals surface area contributed by atoms with E-state index in [0.29, 0.717) is 11.1 Å². The molecule has 0 aromatic heterocycles. The Kier molecular flexibility index (Phi) is 8.07. The largest absolute Gasteiger partial charge is 0.349 e. The van der Waals surface area contributed by atoms with Crippen LogP contribution in [0, 0.1) is 0 Å². The summed E-state index contributed by atoms with van der Waals surface area (Å²) in [7, 11) is 0. The standard InChI is InChI=1S/C27H46N4O2/c1-11-12-19(23(33)29-21-16-26(7,8)31-27(9,10)17-21)13-18(2)22(32)28-20-14-24(3,4)30-25(5,6)15-20/h11-13,20-21,30-31H,2,14-17H2,1,3-10H3,(H,28,32)(H,29,33). The number of allylic oxidation sites excluding steroid dienone is 1. The van der Waals surface area contributed by atoms with Crippen LogP contribution in [0.15, 0.2) is 36.0 Å². The number of hydrogen-bond acceptors (Lipinski definition) is 4. The summed E-state index contributed by atoms with van der Waals surface area (Å²) in [5.41, 5.74) is 0.469. The number of amides is 2. The smallest absolute Gasteiger partial charge is 0.251 e. The first-order chi connectivity index (χ1) is 14.9. The fourth-order valence-corrected chi connectivity index (χ4v) is 6.02. The maximum atomic E-state index is 13.1. The first kappa shape index (κ1) is 27.3. The average molecular weight is 459 g/mol. The molecule has 33 heavy (non-hydrogen) atoms. The van der Waals surface area contributed by atoms with Crippen molar-refractivity contribution in [2.45, 2.75) is 122 Å². The molecule has 0 unspecified atom stereocenters. The molecule has 0 spiro atoms. The topological polar surface area (TPSA) is 82.3 Å². The lowest BCUT2D eigenvalue weighted by molar-refractivity contribution is -0.118. The molecule has 2 amide bonds. The highest BCUT2D eigenvalue weighted by molar-refractivity contribution is 6.02. The average Bonchev–Trinajstić information content (AvgIpc) is 2.55. The summed E-state index contributed by atoms with van der Waals surface area (Å²) >= 11 is 0. The van der Waals surface area contributed by atoms with E-state index in [1.165, 1.54) is 0 Å². The molecule has 0 aliphatic carbocycles. The Hall–Kier alpha value is -1.92. The van der Waals surface area contributed by atoms with Crippen molar-refractivity contribution in [3.8, 4) is 0 Å². The van der Waals surface area contributed by atoms with Crippen molar-refractivity contribution in [2.75, 3.05) is 0 Å². The van der Waals surface area contributed by atoms with E-state index in [1.54, 1.807) is 12.2 Å². The molecule has 0 saturated carbocycles. The van der Waals surface area contributed by atoms with Gasteiger partial charge in [0.2, 0.25) is 0 Å². The molecule has 2 aliphatic heterocycles. The van der Waals surface area contributed by atoms with Gasteiger partial charge in [0.05, 0.1) is 0 Å². The summed E-state index contributed by atoms with van der Waals surface area (Å²) in [6.45, 7) is 23.1. The van der Waals surface area contributed by atoms with Crippen molar-refractivity contribution >= 4 is 11.8 Å². The highest BCUT2D eigenvalue weighted by atomic mass is 16.2. The van der Waals surface area contributed by atoms with E-state index in [2.05, 4.69) is 83.2 Å². The SMILES string of the molecule is C=C(C=C(C=CC)C(=O)NC1CC(C)(C)NC(C)(C)C1)C(=O)NC1CC(C)(C)NC(C)(C)C1. The molecule has 0 radical (unpaired) electrons. The van der Waals surface area contributed by atoms with Gasteiger partial charge in [-0.1, -0.05) is 18.7 Å². The Morgan fingerprint density at radius 3 is 1.48 bits per heavy atom. The molecule has 186 valence electrons. The Labute approximate surface area is 201 Å². The second-order valence-corrected chi connectivity index (χ2v) is 12.6. The summed E-state index contributed by atoms with van der Waals surface area (Å²) in [4.78, 5) is 26.0. The van der Waals surface area contributed by atoms with Gasteiger partial charge in [0.15, 0.2) is 0 Å². The third kappa shape index (κ3) is 8.42. The lowest BCUT2D eigenvalue weighted by Gasteiger charge is -2.46. The normalized spacial score (nSPS) is 24.9. The van der Waals surface area contributed by atoms with E-state index in [-0.39, 0.29) is 46.1 Å². The highest BCUT2D eigenvalue weighted by Gasteiger charge is 2.39.